The van der Waals surface area contributed by atoms with Gasteiger partial charge >= 0.3 is 0 Å². The number of amides is 1. The fourth-order valence-electron chi connectivity index (χ4n) is 2.68. The third-order valence-corrected chi connectivity index (χ3v) is 4.71. The van der Waals surface area contributed by atoms with Gasteiger partial charge in [-0.25, -0.2) is 0 Å². The molecule has 3 rings (SSSR count). The minimum atomic E-state index is 0.160. The summed E-state index contributed by atoms with van der Waals surface area (Å²) in [5.74, 6) is 0.160. The van der Waals surface area contributed by atoms with Gasteiger partial charge in [-0.1, -0.05) is 0 Å². The summed E-state index contributed by atoms with van der Waals surface area (Å²) < 4.78 is 1.24. The average Bonchev–Trinajstić information content (AvgIpc) is 2.94. The van der Waals surface area contributed by atoms with Crippen molar-refractivity contribution in [2.45, 2.75) is 18.9 Å². The second-order valence-corrected chi connectivity index (χ2v) is 6.00. The Morgan fingerprint density at radius 3 is 3.16 bits per heavy atom. The Balaban J connectivity index is 1.82. The van der Waals surface area contributed by atoms with E-state index >= 15 is 0 Å². The molecule has 1 saturated heterocycles. The van der Waals surface area contributed by atoms with Crippen LogP contribution in [0.3, 0.4) is 0 Å². The van der Waals surface area contributed by atoms with Crippen LogP contribution in [0, 0.1) is 0 Å². The van der Waals surface area contributed by atoms with E-state index in [-0.39, 0.29) is 5.91 Å². The van der Waals surface area contributed by atoms with Crippen molar-refractivity contribution < 1.29 is 4.79 Å². The van der Waals surface area contributed by atoms with Crippen molar-refractivity contribution in [2.75, 3.05) is 20.1 Å². The van der Waals surface area contributed by atoms with Crippen LogP contribution < -0.4 is 5.32 Å². The van der Waals surface area contributed by atoms with Crippen LogP contribution in [0.2, 0.25) is 0 Å². The van der Waals surface area contributed by atoms with Crippen LogP contribution in [0.4, 0.5) is 0 Å². The lowest BCUT2D eigenvalue weighted by Gasteiger charge is -2.32. The van der Waals surface area contributed by atoms with Gasteiger partial charge in [-0.3, -0.25) is 4.79 Å². The number of thiophene rings is 1. The molecule has 4 heteroatoms. The Hall–Kier alpha value is -1.39. The zero-order chi connectivity index (χ0) is 13.2. The minimum Gasteiger partial charge on any atom is -0.337 e. The maximum atomic E-state index is 12.5. The first-order valence-electron chi connectivity index (χ1n) is 6.72. The summed E-state index contributed by atoms with van der Waals surface area (Å²) in [6, 6.07) is 8.51. The number of benzene rings is 1. The molecule has 0 saturated carbocycles. The Labute approximate surface area is 117 Å². The van der Waals surface area contributed by atoms with Crippen LogP contribution in [0.15, 0.2) is 29.6 Å². The van der Waals surface area contributed by atoms with E-state index in [1.165, 1.54) is 4.70 Å². The Kier molecular flexibility index (Phi) is 3.53. The van der Waals surface area contributed by atoms with Gasteiger partial charge in [0.15, 0.2) is 0 Å². The number of rotatable bonds is 2. The van der Waals surface area contributed by atoms with Crippen LogP contribution in [0.1, 0.15) is 23.2 Å². The van der Waals surface area contributed by atoms with Gasteiger partial charge in [0.25, 0.3) is 5.91 Å². The molecule has 0 radical (unpaired) electrons. The number of fused-ring (bicyclic) bond motifs is 1. The fourth-order valence-corrected chi connectivity index (χ4v) is 3.45. The third-order valence-electron chi connectivity index (χ3n) is 3.82. The van der Waals surface area contributed by atoms with E-state index in [4.69, 9.17) is 0 Å². The predicted octanol–water partition coefficient (Wildman–Crippen LogP) is 2.73. The average molecular weight is 274 g/mol. The smallest absolute Gasteiger partial charge is 0.253 e. The van der Waals surface area contributed by atoms with E-state index in [0.717, 1.165) is 36.9 Å². The first kappa shape index (κ1) is 12.6. The van der Waals surface area contributed by atoms with Gasteiger partial charge in [-0.05, 0) is 54.9 Å². The minimum absolute atomic E-state index is 0.160. The monoisotopic (exact) mass is 274 g/mol. The van der Waals surface area contributed by atoms with Gasteiger partial charge in [0.1, 0.15) is 0 Å². The summed E-state index contributed by atoms with van der Waals surface area (Å²) in [4.78, 5) is 14.5. The molecule has 1 N–H and O–H groups in total. The largest absolute Gasteiger partial charge is 0.337 e. The van der Waals surface area contributed by atoms with Gasteiger partial charge in [-0.15, -0.1) is 11.3 Å². The molecule has 19 heavy (non-hydrogen) atoms. The second kappa shape index (κ2) is 5.31. The molecule has 1 amide bonds. The quantitative estimate of drug-likeness (QED) is 0.913. The number of piperidine rings is 1. The molecular weight excluding hydrogens is 256 g/mol. The van der Waals surface area contributed by atoms with E-state index in [1.54, 1.807) is 11.3 Å². The molecule has 1 aromatic heterocycles. The summed E-state index contributed by atoms with van der Waals surface area (Å²) in [6.45, 7) is 1.69. The molecule has 2 aromatic rings. The number of likely N-dealkylation sites (N-methyl/N-ethyl adjacent to an activating group) is 1. The summed E-state index contributed by atoms with van der Waals surface area (Å²) in [7, 11) is 1.97. The summed E-state index contributed by atoms with van der Waals surface area (Å²) in [5.41, 5.74) is 0.808. The summed E-state index contributed by atoms with van der Waals surface area (Å²) in [5, 5.41) is 6.50. The zero-order valence-electron chi connectivity index (χ0n) is 11.1. The van der Waals surface area contributed by atoms with Crippen LogP contribution in [-0.2, 0) is 0 Å². The Bertz CT molecular complexity index is 593. The number of carbonyl (C=O) groups excluding carboxylic acids is 1. The van der Waals surface area contributed by atoms with Crippen LogP contribution in [0.25, 0.3) is 10.1 Å². The van der Waals surface area contributed by atoms with Crippen molar-refractivity contribution in [3.8, 4) is 0 Å². The normalized spacial score (nSPS) is 19.8. The van der Waals surface area contributed by atoms with Crippen molar-refractivity contribution >= 4 is 27.3 Å². The Morgan fingerprint density at radius 2 is 2.32 bits per heavy atom. The second-order valence-electron chi connectivity index (χ2n) is 5.05. The molecule has 2 heterocycles. The molecule has 0 bridgehead atoms. The van der Waals surface area contributed by atoms with Crippen molar-refractivity contribution in [3.05, 3.63) is 35.2 Å². The third kappa shape index (κ3) is 2.51. The number of likely N-dealkylation sites (tertiary alicyclic amines) is 1. The van der Waals surface area contributed by atoms with Crippen LogP contribution in [-0.4, -0.2) is 37.0 Å². The lowest BCUT2D eigenvalue weighted by molar-refractivity contribution is 0.0698. The predicted molar refractivity (Wildman–Crippen MR) is 79.8 cm³/mol. The van der Waals surface area contributed by atoms with E-state index in [9.17, 15) is 4.79 Å². The molecular formula is C15H18N2OS. The van der Waals surface area contributed by atoms with E-state index < -0.39 is 0 Å². The van der Waals surface area contributed by atoms with Gasteiger partial charge < -0.3 is 10.2 Å². The molecule has 0 spiro atoms. The highest BCUT2D eigenvalue weighted by Crippen LogP contribution is 2.23. The topological polar surface area (TPSA) is 32.3 Å². The molecule has 3 nitrogen and oxygen atoms in total. The maximum absolute atomic E-state index is 12.5. The number of hydrogen-bond donors (Lipinski definition) is 1. The molecule has 0 aliphatic carbocycles. The van der Waals surface area contributed by atoms with E-state index in [1.807, 2.05) is 30.1 Å². The van der Waals surface area contributed by atoms with Crippen molar-refractivity contribution in [1.82, 2.24) is 10.2 Å². The molecule has 100 valence electrons. The fraction of sp³-hybridized carbons (Fsp3) is 0.400. The van der Waals surface area contributed by atoms with Gasteiger partial charge in [0, 0.05) is 29.4 Å². The first-order valence-corrected chi connectivity index (χ1v) is 7.59. The maximum Gasteiger partial charge on any atom is 0.253 e. The van der Waals surface area contributed by atoms with E-state index in [2.05, 4.69) is 16.8 Å². The summed E-state index contributed by atoms with van der Waals surface area (Å²) >= 11 is 1.71. The van der Waals surface area contributed by atoms with Gasteiger partial charge in [0.2, 0.25) is 0 Å². The molecule has 1 unspecified atom stereocenters. The Morgan fingerprint density at radius 1 is 1.42 bits per heavy atom. The first-order chi connectivity index (χ1) is 9.28. The SMILES string of the molecule is CNC1CCCN(C(=O)c2ccc3sccc3c2)C1. The van der Waals surface area contributed by atoms with Crippen molar-refractivity contribution in [2.24, 2.45) is 0 Å². The van der Waals surface area contributed by atoms with Crippen molar-refractivity contribution in [1.29, 1.82) is 0 Å². The van der Waals surface area contributed by atoms with Crippen LogP contribution in [0.5, 0.6) is 0 Å². The van der Waals surface area contributed by atoms with E-state index in [0.29, 0.717) is 6.04 Å². The van der Waals surface area contributed by atoms with Gasteiger partial charge in [-0.2, -0.15) is 0 Å². The zero-order valence-corrected chi connectivity index (χ0v) is 11.9. The number of nitrogens with one attached hydrogen (secondary N) is 1. The number of carbonyl (C=O) groups is 1. The molecule has 1 aliphatic heterocycles. The lowest BCUT2D eigenvalue weighted by Crippen LogP contribution is -2.46. The molecule has 1 aliphatic rings. The number of hydrogen-bond acceptors (Lipinski definition) is 3. The highest BCUT2D eigenvalue weighted by molar-refractivity contribution is 7.17. The summed E-state index contributed by atoms with van der Waals surface area (Å²) in [6.07, 6.45) is 2.24. The standard InChI is InChI=1S/C15H18N2OS/c1-16-13-3-2-7-17(10-13)15(18)12-4-5-14-11(9-12)6-8-19-14/h4-6,8-9,13,16H,2-3,7,10H2,1H3. The van der Waals surface area contributed by atoms with Crippen molar-refractivity contribution in [3.63, 3.8) is 0 Å². The van der Waals surface area contributed by atoms with Crippen LogP contribution >= 0.6 is 11.3 Å². The number of nitrogens with zero attached hydrogens (tertiary/aromatic N) is 1. The molecule has 1 fully saturated rings. The highest BCUT2D eigenvalue weighted by Gasteiger charge is 2.23. The molecule has 1 aromatic carbocycles. The molecule has 1 atom stereocenters. The lowest BCUT2D eigenvalue weighted by atomic mass is 10.0. The highest BCUT2D eigenvalue weighted by atomic mass is 32.1. The van der Waals surface area contributed by atoms with Gasteiger partial charge in [0.05, 0.1) is 0 Å².